The Hall–Kier alpha value is -2.36. The van der Waals surface area contributed by atoms with E-state index in [1.165, 1.54) is 12.1 Å². The molecule has 2 aromatic rings. The Morgan fingerprint density at radius 2 is 2.00 bits per heavy atom. The van der Waals surface area contributed by atoms with E-state index in [2.05, 4.69) is 0 Å². The first kappa shape index (κ1) is 13.1. The number of halogens is 1. The zero-order chi connectivity index (χ0) is 13.8. The summed E-state index contributed by atoms with van der Waals surface area (Å²) >= 11 is 0. The van der Waals surface area contributed by atoms with Gasteiger partial charge in [-0.2, -0.15) is 0 Å². The van der Waals surface area contributed by atoms with Crippen LogP contribution in [-0.2, 0) is 6.42 Å². The lowest BCUT2D eigenvalue weighted by Crippen LogP contribution is -2.06. The average molecular weight is 259 g/mol. The van der Waals surface area contributed by atoms with Crippen LogP contribution in [0.5, 0.6) is 5.75 Å². The number of benzene rings is 2. The topological polar surface area (TPSA) is 52.3 Å². The maximum Gasteiger partial charge on any atom is 0.167 e. The maximum absolute atomic E-state index is 13.3. The maximum atomic E-state index is 13.3. The predicted octanol–water partition coefficient (Wildman–Crippen LogP) is 2.84. The molecule has 0 atom stereocenters. The summed E-state index contributed by atoms with van der Waals surface area (Å²) < 4.78 is 18.5. The van der Waals surface area contributed by atoms with E-state index in [9.17, 15) is 9.18 Å². The van der Waals surface area contributed by atoms with Crippen LogP contribution in [-0.4, -0.2) is 12.9 Å². The van der Waals surface area contributed by atoms with Crippen LogP contribution < -0.4 is 10.5 Å². The monoisotopic (exact) mass is 259 g/mol. The number of carbonyl (C=O) groups excluding carboxylic acids is 1. The molecular formula is C15H14FNO2. The molecule has 0 radical (unpaired) electrons. The molecule has 0 bridgehead atoms. The van der Waals surface area contributed by atoms with Crippen molar-refractivity contribution in [3.05, 3.63) is 59.4 Å². The van der Waals surface area contributed by atoms with Gasteiger partial charge in [-0.3, -0.25) is 4.79 Å². The van der Waals surface area contributed by atoms with Crippen LogP contribution in [0.3, 0.4) is 0 Å². The van der Waals surface area contributed by atoms with Gasteiger partial charge in [0.05, 0.1) is 12.8 Å². The molecule has 0 saturated carbocycles. The molecule has 0 fully saturated rings. The van der Waals surface area contributed by atoms with Crippen molar-refractivity contribution in [3.63, 3.8) is 0 Å². The molecule has 0 aliphatic heterocycles. The molecule has 0 aliphatic rings. The second kappa shape index (κ2) is 5.52. The minimum Gasteiger partial charge on any atom is -0.496 e. The molecule has 3 nitrogen and oxygen atoms in total. The summed E-state index contributed by atoms with van der Waals surface area (Å²) in [5.41, 5.74) is 6.49. The third-order valence-corrected chi connectivity index (χ3v) is 2.87. The van der Waals surface area contributed by atoms with E-state index in [0.717, 1.165) is 11.6 Å². The van der Waals surface area contributed by atoms with Crippen molar-refractivity contribution in [1.29, 1.82) is 0 Å². The number of methoxy groups -OCH3 is 1. The molecular weight excluding hydrogens is 245 g/mol. The van der Waals surface area contributed by atoms with Crippen molar-refractivity contribution in [2.45, 2.75) is 6.42 Å². The Bertz CT molecular complexity index is 611. The van der Waals surface area contributed by atoms with Gasteiger partial charge < -0.3 is 10.5 Å². The lowest BCUT2D eigenvalue weighted by Gasteiger charge is -2.07. The van der Waals surface area contributed by atoms with Crippen LogP contribution in [0.25, 0.3) is 0 Å². The van der Waals surface area contributed by atoms with Crippen molar-refractivity contribution in [2.75, 3.05) is 12.8 Å². The number of carbonyl (C=O) groups is 1. The van der Waals surface area contributed by atoms with Gasteiger partial charge >= 0.3 is 0 Å². The van der Waals surface area contributed by atoms with Crippen LogP contribution in [0.2, 0.25) is 0 Å². The fraction of sp³-hybridized carbons (Fsp3) is 0.133. The van der Waals surface area contributed by atoms with Crippen LogP contribution >= 0.6 is 0 Å². The normalized spacial score (nSPS) is 10.2. The average Bonchev–Trinajstić information content (AvgIpc) is 2.42. The number of anilines is 1. The molecule has 2 N–H and O–H groups in total. The fourth-order valence-electron chi connectivity index (χ4n) is 1.82. The van der Waals surface area contributed by atoms with Gasteiger partial charge in [0.25, 0.3) is 0 Å². The zero-order valence-corrected chi connectivity index (χ0v) is 10.5. The fourth-order valence-corrected chi connectivity index (χ4v) is 1.82. The highest BCUT2D eigenvalue weighted by Crippen LogP contribution is 2.20. The Balaban J connectivity index is 2.23. The third-order valence-electron chi connectivity index (χ3n) is 2.87. The Morgan fingerprint density at radius 1 is 1.26 bits per heavy atom. The quantitative estimate of drug-likeness (QED) is 0.678. The molecule has 2 aromatic carbocycles. The number of nitrogens with two attached hydrogens (primary N) is 1. The van der Waals surface area contributed by atoms with Crippen molar-refractivity contribution in [2.24, 2.45) is 0 Å². The predicted molar refractivity (Wildman–Crippen MR) is 71.8 cm³/mol. The number of nitrogen functional groups attached to an aromatic ring is 1. The summed E-state index contributed by atoms with van der Waals surface area (Å²) in [4.78, 5) is 12.1. The molecule has 0 aliphatic carbocycles. The summed E-state index contributed by atoms with van der Waals surface area (Å²) in [6.45, 7) is 0. The molecule has 0 heterocycles. The van der Waals surface area contributed by atoms with E-state index in [1.807, 2.05) is 18.2 Å². The van der Waals surface area contributed by atoms with E-state index in [4.69, 9.17) is 10.5 Å². The number of para-hydroxylation sites is 1. The molecule has 0 saturated heterocycles. The Kier molecular flexibility index (Phi) is 3.80. The lowest BCUT2D eigenvalue weighted by atomic mass is 10.0. The summed E-state index contributed by atoms with van der Waals surface area (Å²) in [7, 11) is 1.55. The molecule has 98 valence electrons. The second-order valence-corrected chi connectivity index (χ2v) is 4.15. The van der Waals surface area contributed by atoms with Gasteiger partial charge in [0.2, 0.25) is 0 Å². The molecule has 19 heavy (non-hydrogen) atoms. The summed E-state index contributed by atoms with van der Waals surface area (Å²) in [6, 6.07) is 11.3. The first-order valence-corrected chi connectivity index (χ1v) is 5.82. The van der Waals surface area contributed by atoms with E-state index < -0.39 is 5.82 Å². The summed E-state index contributed by atoms with van der Waals surface area (Å²) in [5.74, 6) is -0.110. The van der Waals surface area contributed by atoms with Gasteiger partial charge in [0, 0.05) is 17.5 Å². The molecule has 2 rings (SSSR count). The smallest absolute Gasteiger partial charge is 0.167 e. The molecule has 0 amide bonds. The first-order chi connectivity index (χ1) is 9.11. The summed E-state index contributed by atoms with van der Waals surface area (Å²) in [5, 5.41) is 0. The van der Waals surface area contributed by atoms with E-state index in [1.54, 1.807) is 13.2 Å². The number of Topliss-reactive ketones (excluding diaryl/α,β-unsaturated/α-hetero) is 1. The number of hydrogen-bond acceptors (Lipinski definition) is 3. The molecule has 0 spiro atoms. The summed E-state index contributed by atoms with van der Waals surface area (Å²) in [6.07, 6.45) is 0.160. The van der Waals surface area contributed by atoms with Gasteiger partial charge in [-0.05, 0) is 24.3 Å². The van der Waals surface area contributed by atoms with Crippen molar-refractivity contribution < 1.29 is 13.9 Å². The van der Waals surface area contributed by atoms with Crippen molar-refractivity contribution in [1.82, 2.24) is 0 Å². The van der Waals surface area contributed by atoms with Gasteiger partial charge in [-0.25, -0.2) is 4.39 Å². The Labute approximate surface area is 110 Å². The zero-order valence-electron chi connectivity index (χ0n) is 10.5. The highest BCUT2D eigenvalue weighted by Gasteiger charge is 2.12. The standard InChI is InChI=1S/C15H14FNO2/c1-19-15-5-3-2-4-11(15)9-14(18)10-6-7-13(17)12(16)8-10/h2-8H,9,17H2,1H3. The number of hydrogen-bond donors (Lipinski definition) is 1. The van der Waals surface area contributed by atoms with E-state index in [0.29, 0.717) is 11.3 Å². The minimum atomic E-state index is -0.578. The van der Waals surface area contributed by atoms with Gasteiger partial charge in [-0.1, -0.05) is 18.2 Å². The minimum absolute atomic E-state index is 0.0360. The highest BCUT2D eigenvalue weighted by atomic mass is 19.1. The van der Waals surface area contributed by atoms with Gasteiger partial charge in [0.15, 0.2) is 5.78 Å². The van der Waals surface area contributed by atoms with Crippen LogP contribution in [0.15, 0.2) is 42.5 Å². The highest BCUT2D eigenvalue weighted by molar-refractivity contribution is 5.98. The van der Waals surface area contributed by atoms with Crippen LogP contribution in [0.4, 0.5) is 10.1 Å². The van der Waals surface area contributed by atoms with E-state index in [-0.39, 0.29) is 17.9 Å². The number of ether oxygens (including phenoxy) is 1. The first-order valence-electron chi connectivity index (χ1n) is 5.82. The second-order valence-electron chi connectivity index (χ2n) is 4.15. The van der Waals surface area contributed by atoms with E-state index >= 15 is 0 Å². The SMILES string of the molecule is COc1ccccc1CC(=O)c1ccc(N)c(F)c1. The molecule has 4 heteroatoms. The number of rotatable bonds is 4. The van der Waals surface area contributed by atoms with Gasteiger partial charge in [-0.15, -0.1) is 0 Å². The van der Waals surface area contributed by atoms with Gasteiger partial charge in [0.1, 0.15) is 11.6 Å². The largest absolute Gasteiger partial charge is 0.496 e. The lowest BCUT2D eigenvalue weighted by molar-refractivity contribution is 0.0991. The third kappa shape index (κ3) is 2.91. The van der Waals surface area contributed by atoms with Crippen molar-refractivity contribution >= 4 is 11.5 Å². The molecule has 0 aromatic heterocycles. The Morgan fingerprint density at radius 3 is 2.68 bits per heavy atom. The van der Waals surface area contributed by atoms with Crippen molar-refractivity contribution in [3.8, 4) is 5.75 Å². The number of ketones is 1. The van der Waals surface area contributed by atoms with Crippen LogP contribution in [0.1, 0.15) is 15.9 Å². The van der Waals surface area contributed by atoms with Crippen LogP contribution in [0, 0.1) is 5.82 Å². The molecule has 0 unspecified atom stereocenters.